The van der Waals surface area contributed by atoms with E-state index in [4.69, 9.17) is 14.2 Å². The van der Waals surface area contributed by atoms with Crippen LogP contribution in [0.4, 0.5) is 0 Å². The zero-order valence-electron chi connectivity index (χ0n) is 43.0. The Hall–Kier alpha value is -1.59. The molecule has 0 heterocycles. The van der Waals surface area contributed by atoms with Crippen LogP contribution < -0.4 is 0 Å². The molecule has 0 radical (unpaired) electrons. The maximum atomic E-state index is 12.8. The Kier molecular flexibility index (Phi) is 50.1. The highest BCUT2D eigenvalue weighted by molar-refractivity contribution is 5.71. The lowest BCUT2D eigenvalue weighted by atomic mass is 10.0. The quantitative estimate of drug-likeness (QED) is 0.0344. The molecule has 6 nitrogen and oxygen atoms in total. The van der Waals surface area contributed by atoms with E-state index < -0.39 is 6.10 Å². The Morgan fingerprint density at radius 2 is 0.524 bits per heavy atom. The smallest absolute Gasteiger partial charge is 0.306 e. The predicted molar refractivity (Wildman–Crippen MR) is 270 cm³/mol. The Bertz CT molecular complexity index is 949. The lowest BCUT2D eigenvalue weighted by Gasteiger charge is -2.18. The fraction of sp³-hybridized carbons (Fsp3) is 0.947. The number of esters is 3. The van der Waals surface area contributed by atoms with Crippen LogP contribution in [-0.2, 0) is 28.6 Å². The molecule has 63 heavy (non-hydrogen) atoms. The van der Waals surface area contributed by atoms with Gasteiger partial charge in [-0.3, -0.25) is 14.4 Å². The number of carbonyl (C=O) groups is 3. The molecule has 0 aromatic carbocycles. The van der Waals surface area contributed by atoms with E-state index in [0.717, 1.165) is 63.7 Å². The van der Waals surface area contributed by atoms with E-state index in [1.165, 1.54) is 218 Å². The molecule has 0 unspecified atom stereocenters. The molecule has 0 fully saturated rings. The molecule has 0 spiro atoms. The van der Waals surface area contributed by atoms with E-state index in [-0.39, 0.29) is 31.1 Å². The van der Waals surface area contributed by atoms with E-state index in [0.29, 0.717) is 19.3 Å². The lowest BCUT2D eigenvalue weighted by molar-refractivity contribution is -0.167. The van der Waals surface area contributed by atoms with Gasteiger partial charge in [-0.1, -0.05) is 285 Å². The summed E-state index contributed by atoms with van der Waals surface area (Å²) in [6, 6.07) is 0. The van der Waals surface area contributed by atoms with Gasteiger partial charge in [0.1, 0.15) is 13.2 Å². The number of rotatable bonds is 52. The highest BCUT2D eigenvalue weighted by Crippen LogP contribution is 2.18. The average molecular weight is 892 g/mol. The van der Waals surface area contributed by atoms with Crippen LogP contribution in [0.5, 0.6) is 0 Å². The fourth-order valence-electron chi connectivity index (χ4n) is 8.75. The van der Waals surface area contributed by atoms with Gasteiger partial charge in [-0.05, 0) is 25.2 Å². The summed E-state index contributed by atoms with van der Waals surface area (Å²) in [5, 5.41) is 0. The van der Waals surface area contributed by atoms with Crippen LogP contribution in [0.1, 0.15) is 323 Å². The fourth-order valence-corrected chi connectivity index (χ4v) is 8.75. The summed E-state index contributed by atoms with van der Waals surface area (Å²) in [4.78, 5) is 38.1. The maximum absolute atomic E-state index is 12.8. The molecule has 0 N–H and O–H groups in total. The van der Waals surface area contributed by atoms with Crippen LogP contribution in [0.15, 0.2) is 0 Å². The molecule has 0 aromatic rings. The van der Waals surface area contributed by atoms with E-state index in [1.807, 2.05) is 0 Å². The summed E-state index contributed by atoms with van der Waals surface area (Å²) in [7, 11) is 0. The van der Waals surface area contributed by atoms with Gasteiger partial charge in [0, 0.05) is 19.3 Å². The molecule has 0 bridgehead atoms. The van der Waals surface area contributed by atoms with Gasteiger partial charge >= 0.3 is 17.9 Å². The molecule has 6 heteroatoms. The van der Waals surface area contributed by atoms with Crippen molar-refractivity contribution in [2.24, 2.45) is 5.92 Å². The van der Waals surface area contributed by atoms with Crippen LogP contribution in [0.2, 0.25) is 0 Å². The van der Waals surface area contributed by atoms with Crippen LogP contribution in [0.25, 0.3) is 0 Å². The first kappa shape index (κ1) is 61.4. The largest absolute Gasteiger partial charge is 0.462 e. The van der Waals surface area contributed by atoms with Crippen molar-refractivity contribution >= 4 is 17.9 Å². The molecule has 0 aliphatic heterocycles. The van der Waals surface area contributed by atoms with Crippen molar-refractivity contribution in [3.8, 4) is 0 Å². The van der Waals surface area contributed by atoms with Gasteiger partial charge in [0.25, 0.3) is 0 Å². The van der Waals surface area contributed by atoms with E-state index in [9.17, 15) is 14.4 Å². The van der Waals surface area contributed by atoms with Crippen LogP contribution in [-0.4, -0.2) is 37.2 Å². The van der Waals surface area contributed by atoms with E-state index in [2.05, 4.69) is 27.7 Å². The summed E-state index contributed by atoms with van der Waals surface area (Å²) in [5.41, 5.74) is 0. The Labute approximate surface area is 393 Å². The first-order chi connectivity index (χ1) is 30.9. The third-order valence-corrected chi connectivity index (χ3v) is 13.0. The minimum atomic E-state index is -0.761. The molecule has 0 amide bonds. The summed E-state index contributed by atoms with van der Waals surface area (Å²) >= 11 is 0. The first-order valence-electron chi connectivity index (χ1n) is 28.4. The van der Waals surface area contributed by atoms with Crippen molar-refractivity contribution in [1.82, 2.24) is 0 Å². The topological polar surface area (TPSA) is 78.9 Å². The third-order valence-electron chi connectivity index (χ3n) is 13.0. The van der Waals surface area contributed by atoms with Crippen LogP contribution >= 0.6 is 0 Å². The molecule has 0 saturated carbocycles. The monoisotopic (exact) mass is 891 g/mol. The molecule has 0 rings (SSSR count). The van der Waals surface area contributed by atoms with Crippen molar-refractivity contribution < 1.29 is 28.6 Å². The van der Waals surface area contributed by atoms with Gasteiger partial charge in [-0.15, -0.1) is 0 Å². The predicted octanol–water partition coefficient (Wildman–Crippen LogP) is 18.6. The minimum Gasteiger partial charge on any atom is -0.462 e. The molecule has 0 aliphatic rings. The number of hydrogen-bond acceptors (Lipinski definition) is 6. The summed E-state index contributed by atoms with van der Waals surface area (Å²) in [5.74, 6) is 0.00214. The standard InChI is InChI=1S/C57H110O6/c1-5-7-9-11-13-15-17-19-21-25-29-33-37-41-45-49-56(59)62-52-54(51-61-55(58)48-44-40-36-32-28-24-20-18-16-14-12-10-8-6-2)63-57(60)50-46-42-38-34-30-26-22-23-27-31-35-39-43-47-53(3)4/h53-54H,5-52H2,1-4H3/t54-/m0/s1. The van der Waals surface area contributed by atoms with Crippen LogP contribution in [0, 0.1) is 5.92 Å². The van der Waals surface area contributed by atoms with Crippen molar-refractivity contribution in [2.75, 3.05) is 13.2 Å². The Balaban J connectivity index is 4.30. The zero-order valence-corrected chi connectivity index (χ0v) is 43.0. The van der Waals surface area contributed by atoms with Gasteiger partial charge in [0.2, 0.25) is 0 Å². The molecule has 0 aromatic heterocycles. The van der Waals surface area contributed by atoms with Crippen molar-refractivity contribution in [3.63, 3.8) is 0 Å². The molecule has 0 aliphatic carbocycles. The van der Waals surface area contributed by atoms with Gasteiger partial charge in [-0.25, -0.2) is 0 Å². The average Bonchev–Trinajstić information content (AvgIpc) is 3.27. The zero-order chi connectivity index (χ0) is 45.9. The Morgan fingerprint density at radius 3 is 0.778 bits per heavy atom. The molecule has 374 valence electrons. The molecule has 1 atom stereocenters. The number of hydrogen-bond donors (Lipinski definition) is 0. The normalized spacial score (nSPS) is 12.0. The molecular weight excluding hydrogens is 781 g/mol. The highest BCUT2D eigenvalue weighted by Gasteiger charge is 2.19. The molecular formula is C57H110O6. The Morgan fingerprint density at radius 1 is 0.302 bits per heavy atom. The maximum Gasteiger partial charge on any atom is 0.306 e. The van der Waals surface area contributed by atoms with Gasteiger partial charge in [0.05, 0.1) is 0 Å². The van der Waals surface area contributed by atoms with Gasteiger partial charge in [-0.2, -0.15) is 0 Å². The highest BCUT2D eigenvalue weighted by atomic mass is 16.6. The number of carbonyl (C=O) groups excluding carboxylic acids is 3. The second-order valence-corrected chi connectivity index (χ2v) is 20.1. The van der Waals surface area contributed by atoms with E-state index in [1.54, 1.807) is 0 Å². The van der Waals surface area contributed by atoms with Gasteiger partial charge < -0.3 is 14.2 Å². The van der Waals surface area contributed by atoms with E-state index >= 15 is 0 Å². The van der Waals surface area contributed by atoms with Crippen molar-refractivity contribution in [1.29, 1.82) is 0 Å². The van der Waals surface area contributed by atoms with Crippen molar-refractivity contribution in [3.05, 3.63) is 0 Å². The minimum absolute atomic E-state index is 0.0619. The second-order valence-electron chi connectivity index (χ2n) is 20.1. The SMILES string of the molecule is CCCCCCCCCCCCCCCCCC(=O)OC[C@H](COC(=O)CCCCCCCCCCCCCCCC)OC(=O)CCCCCCCCCCCCCCCC(C)C. The third kappa shape index (κ3) is 51.3. The van der Waals surface area contributed by atoms with Crippen molar-refractivity contribution in [2.45, 2.75) is 329 Å². The molecule has 0 saturated heterocycles. The summed E-state index contributed by atoms with van der Waals surface area (Å²) in [6.07, 6.45) is 55.1. The first-order valence-corrected chi connectivity index (χ1v) is 28.4. The van der Waals surface area contributed by atoms with Crippen LogP contribution in [0.3, 0.4) is 0 Å². The number of unbranched alkanes of at least 4 members (excludes halogenated alkanes) is 39. The summed E-state index contributed by atoms with van der Waals surface area (Å²) < 4.78 is 16.9. The number of ether oxygens (including phenoxy) is 3. The lowest BCUT2D eigenvalue weighted by Crippen LogP contribution is -2.30. The van der Waals surface area contributed by atoms with Gasteiger partial charge in [0.15, 0.2) is 6.10 Å². The second kappa shape index (κ2) is 51.4. The summed E-state index contributed by atoms with van der Waals surface area (Å²) in [6.45, 7) is 9.06.